The molecule has 0 spiro atoms. The van der Waals surface area contributed by atoms with Crippen molar-refractivity contribution in [2.45, 2.75) is 12.5 Å². The Kier molecular flexibility index (Phi) is 4.33. The number of amides is 1. The summed E-state index contributed by atoms with van der Waals surface area (Å²) in [6.45, 7) is 1.41. The number of rotatable bonds is 4. The molecule has 3 heterocycles. The summed E-state index contributed by atoms with van der Waals surface area (Å²) in [4.78, 5) is 13.7. The number of para-hydroxylation sites is 1. The van der Waals surface area contributed by atoms with Crippen molar-refractivity contribution in [2.75, 3.05) is 13.1 Å². The zero-order valence-corrected chi connectivity index (χ0v) is 14.2. The Balaban J connectivity index is 1.44. The molecule has 0 radical (unpaired) electrons. The van der Waals surface area contributed by atoms with Gasteiger partial charge in [-0.1, -0.05) is 12.1 Å². The second-order valence-electron chi connectivity index (χ2n) is 5.86. The molecule has 5 nitrogen and oxygen atoms in total. The van der Waals surface area contributed by atoms with Gasteiger partial charge in [0.1, 0.15) is 11.5 Å². The van der Waals surface area contributed by atoms with Crippen LogP contribution in [-0.4, -0.2) is 28.8 Å². The van der Waals surface area contributed by atoms with Crippen LogP contribution in [0.5, 0.6) is 0 Å². The van der Waals surface area contributed by atoms with Crippen LogP contribution < -0.4 is 10.6 Å². The lowest BCUT2D eigenvalue weighted by Gasteiger charge is -2.24. The average molecular weight is 356 g/mol. The quantitative estimate of drug-likeness (QED) is 0.756. The highest BCUT2D eigenvalue weighted by atomic mass is 32.1. The van der Waals surface area contributed by atoms with Gasteiger partial charge in [-0.2, -0.15) is 5.10 Å². The van der Waals surface area contributed by atoms with Crippen LogP contribution in [0, 0.1) is 5.82 Å². The Hall–Kier alpha value is -2.51. The van der Waals surface area contributed by atoms with E-state index in [2.05, 4.69) is 27.2 Å². The van der Waals surface area contributed by atoms with E-state index in [0.717, 1.165) is 13.0 Å². The molecule has 0 bridgehead atoms. The summed E-state index contributed by atoms with van der Waals surface area (Å²) < 4.78 is 15.2. The van der Waals surface area contributed by atoms with E-state index in [9.17, 15) is 9.18 Å². The molecule has 1 aliphatic heterocycles. The number of fused-ring (bicyclic) bond motifs is 1. The molecule has 2 aromatic heterocycles. The summed E-state index contributed by atoms with van der Waals surface area (Å²) in [5, 5.41) is 12.6. The van der Waals surface area contributed by atoms with Crippen LogP contribution in [0.1, 0.15) is 27.0 Å². The van der Waals surface area contributed by atoms with Gasteiger partial charge in [-0.25, -0.2) is 9.07 Å². The van der Waals surface area contributed by atoms with Crippen molar-refractivity contribution >= 4 is 17.2 Å². The summed E-state index contributed by atoms with van der Waals surface area (Å²) in [6, 6.07) is 10.1. The maximum absolute atomic E-state index is 13.8. The summed E-state index contributed by atoms with van der Waals surface area (Å²) in [5.41, 5.74) is 1.84. The maximum Gasteiger partial charge on any atom is 0.271 e. The second kappa shape index (κ2) is 6.78. The monoisotopic (exact) mass is 356 g/mol. The fourth-order valence-corrected chi connectivity index (χ4v) is 3.96. The molecule has 3 aromatic rings. The normalized spacial score (nSPS) is 16.4. The SMILES string of the molecule is O=C(NCC1NCCc2sccc21)c1ccn(-c2ccccc2F)n1. The lowest BCUT2D eigenvalue weighted by Crippen LogP contribution is -2.38. The molecular weight excluding hydrogens is 339 g/mol. The van der Waals surface area contributed by atoms with Crippen molar-refractivity contribution in [2.24, 2.45) is 0 Å². The Morgan fingerprint density at radius 1 is 1.36 bits per heavy atom. The predicted octanol–water partition coefficient (Wildman–Crippen LogP) is 2.69. The number of thiophene rings is 1. The van der Waals surface area contributed by atoms with Gasteiger partial charge in [-0.05, 0) is 41.6 Å². The number of benzene rings is 1. The van der Waals surface area contributed by atoms with E-state index in [4.69, 9.17) is 0 Å². The van der Waals surface area contributed by atoms with Crippen LogP contribution >= 0.6 is 11.3 Å². The van der Waals surface area contributed by atoms with Crippen LogP contribution in [0.25, 0.3) is 5.69 Å². The van der Waals surface area contributed by atoms with Gasteiger partial charge in [-0.15, -0.1) is 11.3 Å². The third-order valence-electron chi connectivity index (χ3n) is 4.29. The van der Waals surface area contributed by atoms with Crippen molar-refractivity contribution in [1.29, 1.82) is 0 Å². The Morgan fingerprint density at radius 3 is 3.12 bits per heavy atom. The third-order valence-corrected chi connectivity index (χ3v) is 5.28. The molecule has 1 atom stereocenters. The van der Waals surface area contributed by atoms with Gasteiger partial charge < -0.3 is 10.6 Å². The number of carbonyl (C=O) groups excluding carboxylic acids is 1. The molecule has 2 N–H and O–H groups in total. The molecule has 0 fully saturated rings. The van der Waals surface area contributed by atoms with Crippen LogP contribution in [0.4, 0.5) is 4.39 Å². The molecular formula is C18H17FN4OS. The number of hydrogen-bond donors (Lipinski definition) is 2. The van der Waals surface area contributed by atoms with Gasteiger partial charge >= 0.3 is 0 Å². The zero-order valence-electron chi connectivity index (χ0n) is 13.4. The first-order valence-corrected chi connectivity index (χ1v) is 8.99. The molecule has 25 heavy (non-hydrogen) atoms. The molecule has 1 aliphatic rings. The van der Waals surface area contributed by atoms with Gasteiger partial charge in [-0.3, -0.25) is 4.79 Å². The minimum Gasteiger partial charge on any atom is -0.349 e. The van der Waals surface area contributed by atoms with Gasteiger partial charge in [0, 0.05) is 24.2 Å². The summed E-state index contributed by atoms with van der Waals surface area (Å²) in [7, 11) is 0. The highest BCUT2D eigenvalue weighted by Crippen LogP contribution is 2.27. The molecule has 1 unspecified atom stereocenters. The number of nitrogens with zero attached hydrogens (tertiary/aromatic N) is 2. The van der Waals surface area contributed by atoms with E-state index in [-0.39, 0.29) is 23.5 Å². The Bertz CT molecular complexity index is 904. The smallest absolute Gasteiger partial charge is 0.271 e. The Morgan fingerprint density at radius 2 is 2.24 bits per heavy atom. The molecule has 1 aromatic carbocycles. The van der Waals surface area contributed by atoms with E-state index in [1.54, 1.807) is 41.8 Å². The highest BCUT2D eigenvalue weighted by molar-refractivity contribution is 7.10. The molecule has 0 saturated carbocycles. The molecule has 7 heteroatoms. The van der Waals surface area contributed by atoms with Crippen LogP contribution in [0.15, 0.2) is 48.0 Å². The topological polar surface area (TPSA) is 59.0 Å². The van der Waals surface area contributed by atoms with E-state index >= 15 is 0 Å². The summed E-state index contributed by atoms with van der Waals surface area (Å²) in [6.07, 6.45) is 2.62. The molecule has 0 saturated heterocycles. The minimum atomic E-state index is -0.381. The highest BCUT2D eigenvalue weighted by Gasteiger charge is 2.21. The van der Waals surface area contributed by atoms with Gasteiger partial charge in [0.05, 0.1) is 6.04 Å². The van der Waals surface area contributed by atoms with E-state index in [1.165, 1.54) is 21.2 Å². The second-order valence-corrected chi connectivity index (χ2v) is 6.86. The minimum absolute atomic E-state index is 0.118. The molecule has 128 valence electrons. The molecule has 0 aliphatic carbocycles. The summed E-state index contributed by atoms with van der Waals surface area (Å²) in [5.74, 6) is -0.645. The number of aromatic nitrogens is 2. The van der Waals surface area contributed by atoms with Crippen molar-refractivity contribution in [3.63, 3.8) is 0 Å². The Labute approximate surface area is 148 Å². The lowest BCUT2D eigenvalue weighted by molar-refractivity contribution is 0.0943. The van der Waals surface area contributed by atoms with Crippen molar-refractivity contribution < 1.29 is 9.18 Å². The van der Waals surface area contributed by atoms with Crippen LogP contribution in [0.3, 0.4) is 0 Å². The number of hydrogen-bond acceptors (Lipinski definition) is 4. The van der Waals surface area contributed by atoms with E-state index in [1.807, 2.05) is 0 Å². The van der Waals surface area contributed by atoms with Gasteiger partial charge in [0.25, 0.3) is 5.91 Å². The standard InChI is InChI=1S/C18H17FN4OS/c19-13-3-1-2-4-16(13)23-9-6-14(22-23)18(24)21-11-15-12-7-10-25-17(12)5-8-20-15/h1-4,6-7,9-10,15,20H,5,8,11H2,(H,21,24). The van der Waals surface area contributed by atoms with E-state index in [0.29, 0.717) is 12.2 Å². The van der Waals surface area contributed by atoms with Crippen LogP contribution in [-0.2, 0) is 6.42 Å². The maximum atomic E-state index is 13.8. The van der Waals surface area contributed by atoms with Crippen LogP contribution in [0.2, 0.25) is 0 Å². The first-order chi connectivity index (χ1) is 12.2. The first-order valence-electron chi connectivity index (χ1n) is 8.11. The molecule has 1 amide bonds. The third kappa shape index (κ3) is 3.20. The number of nitrogens with one attached hydrogen (secondary N) is 2. The molecule has 4 rings (SSSR count). The average Bonchev–Trinajstić information content (AvgIpc) is 3.29. The summed E-state index contributed by atoms with van der Waals surface area (Å²) >= 11 is 1.76. The van der Waals surface area contributed by atoms with Crippen molar-refractivity contribution in [3.8, 4) is 5.69 Å². The van der Waals surface area contributed by atoms with Gasteiger partial charge in [0.2, 0.25) is 0 Å². The van der Waals surface area contributed by atoms with Crippen molar-refractivity contribution in [3.05, 3.63) is 69.9 Å². The number of carbonyl (C=O) groups is 1. The zero-order chi connectivity index (χ0) is 17.2. The van der Waals surface area contributed by atoms with E-state index < -0.39 is 0 Å². The lowest BCUT2D eigenvalue weighted by atomic mass is 10.0. The fraction of sp³-hybridized carbons (Fsp3) is 0.222. The van der Waals surface area contributed by atoms with Crippen molar-refractivity contribution in [1.82, 2.24) is 20.4 Å². The first kappa shape index (κ1) is 16.0. The largest absolute Gasteiger partial charge is 0.349 e. The number of halogens is 1. The predicted molar refractivity (Wildman–Crippen MR) is 94.6 cm³/mol. The van der Waals surface area contributed by atoms with Gasteiger partial charge in [0.15, 0.2) is 5.69 Å². The fourth-order valence-electron chi connectivity index (χ4n) is 3.02.